The van der Waals surface area contributed by atoms with E-state index in [4.69, 9.17) is 15.2 Å². The maximum atomic E-state index is 12.1. The van der Waals surface area contributed by atoms with Crippen LogP contribution in [0.1, 0.15) is 6.42 Å². The Balaban J connectivity index is 2.10. The second-order valence-corrected chi connectivity index (χ2v) is 4.48. The van der Waals surface area contributed by atoms with Crippen molar-refractivity contribution in [3.8, 4) is 11.5 Å². The van der Waals surface area contributed by atoms with Crippen LogP contribution in [0.2, 0.25) is 0 Å². The molecule has 0 spiro atoms. The van der Waals surface area contributed by atoms with Gasteiger partial charge in [0.25, 0.3) is 0 Å². The first-order valence-corrected chi connectivity index (χ1v) is 6.10. The first-order chi connectivity index (χ1) is 9.12. The number of benzene rings is 1. The van der Waals surface area contributed by atoms with E-state index in [-0.39, 0.29) is 17.9 Å². The Morgan fingerprint density at radius 3 is 2.32 bits per heavy atom. The van der Waals surface area contributed by atoms with E-state index in [1.54, 1.807) is 32.4 Å². The summed E-state index contributed by atoms with van der Waals surface area (Å²) in [6.45, 7) is 0. The van der Waals surface area contributed by atoms with E-state index in [1.165, 1.54) is 0 Å². The molecule has 1 aliphatic carbocycles. The van der Waals surface area contributed by atoms with Crippen LogP contribution in [0.3, 0.4) is 0 Å². The number of methoxy groups -OCH3 is 2. The number of hydrogen-bond donors (Lipinski definition) is 2. The van der Waals surface area contributed by atoms with Gasteiger partial charge in [-0.3, -0.25) is 4.79 Å². The number of carbonyl (C=O) groups excluding carboxylic acids is 1. The molecule has 0 bridgehead atoms. The SMILES string of the molecule is COc1cc(NC(=O)C2C=CC(N)C2)cc(OC)c1. The molecule has 5 nitrogen and oxygen atoms in total. The van der Waals surface area contributed by atoms with E-state index in [2.05, 4.69) is 5.32 Å². The predicted octanol–water partition coefficient (Wildman–Crippen LogP) is 1.55. The van der Waals surface area contributed by atoms with Crippen molar-refractivity contribution in [1.29, 1.82) is 0 Å². The molecular weight excluding hydrogens is 244 g/mol. The molecule has 1 aromatic rings. The van der Waals surface area contributed by atoms with E-state index in [1.807, 2.05) is 12.2 Å². The number of anilines is 1. The molecule has 0 aromatic heterocycles. The van der Waals surface area contributed by atoms with Crippen molar-refractivity contribution in [2.24, 2.45) is 11.7 Å². The monoisotopic (exact) mass is 262 g/mol. The summed E-state index contributed by atoms with van der Waals surface area (Å²) in [4.78, 5) is 12.1. The molecule has 19 heavy (non-hydrogen) atoms. The Hall–Kier alpha value is -2.01. The fourth-order valence-corrected chi connectivity index (χ4v) is 2.04. The summed E-state index contributed by atoms with van der Waals surface area (Å²) in [5, 5.41) is 2.85. The number of rotatable bonds is 4. The van der Waals surface area contributed by atoms with Crippen molar-refractivity contribution >= 4 is 11.6 Å². The van der Waals surface area contributed by atoms with Gasteiger partial charge in [-0.1, -0.05) is 12.2 Å². The van der Waals surface area contributed by atoms with Crippen molar-refractivity contribution in [2.45, 2.75) is 12.5 Å². The largest absolute Gasteiger partial charge is 0.497 e. The van der Waals surface area contributed by atoms with Crippen molar-refractivity contribution in [1.82, 2.24) is 0 Å². The highest BCUT2D eigenvalue weighted by molar-refractivity contribution is 5.94. The zero-order valence-corrected chi connectivity index (χ0v) is 11.1. The van der Waals surface area contributed by atoms with Gasteiger partial charge in [-0.15, -0.1) is 0 Å². The Bertz CT molecular complexity index is 477. The summed E-state index contributed by atoms with van der Waals surface area (Å²) in [5.74, 6) is 1.02. The molecule has 1 aromatic carbocycles. The molecule has 0 radical (unpaired) electrons. The van der Waals surface area contributed by atoms with Gasteiger partial charge in [0.1, 0.15) is 11.5 Å². The number of nitrogens with one attached hydrogen (secondary N) is 1. The third-order valence-electron chi connectivity index (χ3n) is 3.07. The lowest BCUT2D eigenvalue weighted by Crippen LogP contribution is -2.24. The van der Waals surface area contributed by atoms with E-state index in [0.29, 0.717) is 23.6 Å². The predicted molar refractivity (Wildman–Crippen MR) is 73.4 cm³/mol. The Labute approximate surface area is 112 Å². The quantitative estimate of drug-likeness (QED) is 0.807. The van der Waals surface area contributed by atoms with Crippen LogP contribution in [0.5, 0.6) is 11.5 Å². The van der Waals surface area contributed by atoms with Gasteiger partial charge >= 0.3 is 0 Å². The molecule has 3 N–H and O–H groups in total. The molecule has 0 aliphatic heterocycles. The minimum atomic E-state index is -0.174. The summed E-state index contributed by atoms with van der Waals surface area (Å²) >= 11 is 0. The maximum absolute atomic E-state index is 12.1. The third kappa shape index (κ3) is 3.26. The summed E-state index contributed by atoms with van der Waals surface area (Å²) in [6.07, 6.45) is 4.35. The lowest BCUT2D eigenvalue weighted by atomic mass is 10.1. The summed E-state index contributed by atoms with van der Waals surface area (Å²) in [7, 11) is 3.14. The molecule has 0 saturated carbocycles. The van der Waals surface area contributed by atoms with Gasteiger partial charge in [0.2, 0.25) is 5.91 Å². The number of ether oxygens (including phenoxy) is 2. The molecule has 1 aliphatic rings. The topological polar surface area (TPSA) is 73.6 Å². The lowest BCUT2D eigenvalue weighted by molar-refractivity contribution is -0.118. The van der Waals surface area contributed by atoms with Crippen LogP contribution in [0.25, 0.3) is 0 Å². The van der Waals surface area contributed by atoms with Crippen LogP contribution in [0, 0.1) is 5.92 Å². The van der Waals surface area contributed by atoms with Gasteiger partial charge < -0.3 is 20.5 Å². The maximum Gasteiger partial charge on any atom is 0.231 e. The smallest absolute Gasteiger partial charge is 0.231 e. The van der Waals surface area contributed by atoms with Crippen LogP contribution in [-0.2, 0) is 4.79 Å². The van der Waals surface area contributed by atoms with Crippen molar-refractivity contribution in [3.05, 3.63) is 30.4 Å². The van der Waals surface area contributed by atoms with Crippen LogP contribution < -0.4 is 20.5 Å². The first-order valence-electron chi connectivity index (χ1n) is 6.10. The average molecular weight is 262 g/mol. The fourth-order valence-electron chi connectivity index (χ4n) is 2.04. The molecule has 0 fully saturated rings. The Morgan fingerprint density at radius 2 is 1.84 bits per heavy atom. The number of carbonyl (C=O) groups is 1. The molecular formula is C14H18N2O3. The zero-order chi connectivity index (χ0) is 13.8. The molecule has 1 amide bonds. The molecule has 2 unspecified atom stereocenters. The van der Waals surface area contributed by atoms with Crippen molar-refractivity contribution in [2.75, 3.05) is 19.5 Å². The zero-order valence-electron chi connectivity index (χ0n) is 11.1. The van der Waals surface area contributed by atoms with Gasteiger partial charge in [-0.2, -0.15) is 0 Å². The average Bonchev–Trinajstić information content (AvgIpc) is 2.85. The van der Waals surface area contributed by atoms with E-state index in [9.17, 15) is 4.79 Å². The van der Waals surface area contributed by atoms with Crippen LogP contribution in [0.15, 0.2) is 30.4 Å². The van der Waals surface area contributed by atoms with Gasteiger partial charge in [-0.05, 0) is 6.42 Å². The minimum Gasteiger partial charge on any atom is -0.497 e. The van der Waals surface area contributed by atoms with E-state index in [0.717, 1.165) is 0 Å². The second kappa shape index (κ2) is 5.75. The van der Waals surface area contributed by atoms with E-state index >= 15 is 0 Å². The minimum absolute atomic E-state index is 0.0319. The fraction of sp³-hybridized carbons (Fsp3) is 0.357. The van der Waals surface area contributed by atoms with Crippen LogP contribution in [0.4, 0.5) is 5.69 Å². The second-order valence-electron chi connectivity index (χ2n) is 4.48. The highest BCUT2D eigenvalue weighted by Crippen LogP contribution is 2.27. The highest BCUT2D eigenvalue weighted by Gasteiger charge is 2.22. The Kier molecular flexibility index (Phi) is 4.06. The molecule has 5 heteroatoms. The molecule has 0 heterocycles. The summed E-state index contributed by atoms with van der Waals surface area (Å²) in [6, 6.07) is 5.22. The molecule has 102 valence electrons. The van der Waals surface area contributed by atoms with E-state index < -0.39 is 0 Å². The third-order valence-corrected chi connectivity index (χ3v) is 3.07. The molecule has 2 atom stereocenters. The molecule has 2 rings (SSSR count). The summed E-state index contributed by atoms with van der Waals surface area (Å²) in [5.41, 5.74) is 6.39. The molecule has 0 saturated heterocycles. The van der Waals surface area contributed by atoms with Gasteiger partial charge in [0, 0.05) is 29.9 Å². The lowest BCUT2D eigenvalue weighted by Gasteiger charge is -2.12. The van der Waals surface area contributed by atoms with Crippen molar-refractivity contribution in [3.63, 3.8) is 0 Å². The normalized spacial score (nSPS) is 21.2. The van der Waals surface area contributed by atoms with Crippen LogP contribution >= 0.6 is 0 Å². The van der Waals surface area contributed by atoms with Gasteiger partial charge in [-0.25, -0.2) is 0 Å². The highest BCUT2D eigenvalue weighted by atomic mass is 16.5. The number of nitrogens with two attached hydrogens (primary N) is 1. The number of amides is 1. The standard InChI is InChI=1S/C14H18N2O3/c1-18-12-6-11(7-13(8-12)19-2)16-14(17)9-3-4-10(15)5-9/h3-4,6-10H,5,15H2,1-2H3,(H,16,17). The summed E-state index contributed by atoms with van der Waals surface area (Å²) < 4.78 is 10.3. The first kappa shape index (κ1) is 13.4. The van der Waals surface area contributed by atoms with Crippen LogP contribution in [-0.4, -0.2) is 26.2 Å². The van der Waals surface area contributed by atoms with Gasteiger partial charge in [0.05, 0.1) is 20.1 Å². The Morgan fingerprint density at radius 1 is 1.21 bits per heavy atom. The van der Waals surface area contributed by atoms with Gasteiger partial charge in [0.15, 0.2) is 0 Å². The number of hydrogen-bond acceptors (Lipinski definition) is 4. The van der Waals surface area contributed by atoms with Crippen molar-refractivity contribution < 1.29 is 14.3 Å².